The summed E-state index contributed by atoms with van der Waals surface area (Å²) in [6, 6.07) is 11.2. The third kappa shape index (κ3) is 3.91. The van der Waals surface area contributed by atoms with Crippen LogP contribution in [0.5, 0.6) is 0 Å². The van der Waals surface area contributed by atoms with Gasteiger partial charge in [0.25, 0.3) is 11.5 Å². The molecule has 1 aliphatic rings. The summed E-state index contributed by atoms with van der Waals surface area (Å²) in [5, 5.41) is 0.727. The number of aromatic nitrogens is 2. The lowest BCUT2D eigenvalue weighted by molar-refractivity contribution is 0.0641. The fourth-order valence-corrected chi connectivity index (χ4v) is 3.72. The maximum absolute atomic E-state index is 13.3. The minimum atomic E-state index is -0.372. The first-order valence-corrected chi connectivity index (χ1v) is 9.81. The summed E-state index contributed by atoms with van der Waals surface area (Å²) in [7, 11) is 0. The number of benzene rings is 1. The molecule has 3 aromatic rings. The molecule has 0 saturated carbocycles. The smallest absolute Gasteiger partial charge is 0.265 e. The van der Waals surface area contributed by atoms with Crippen LogP contribution in [0, 0.1) is 5.82 Å². The Morgan fingerprint density at radius 3 is 2.52 bits per heavy atom. The number of hydrogen-bond donors (Lipinski definition) is 0. The number of fused-ring (bicyclic) bond motifs is 1. The maximum Gasteiger partial charge on any atom is 0.265 e. The molecule has 1 aromatic carbocycles. The van der Waals surface area contributed by atoms with Gasteiger partial charge in [-0.25, -0.2) is 9.37 Å². The first-order chi connectivity index (χ1) is 14.1. The molecule has 0 radical (unpaired) electrons. The summed E-state index contributed by atoms with van der Waals surface area (Å²) in [4.78, 5) is 34.8. The molecule has 1 amide bonds. The Labute approximate surface area is 168 Å². The Morgan fingerprint density at radius 1 is 1.10 bits per heavy atom. The Hall–Kier alpha value is -3.06. The van der Waals surface area contributed by atoms with Gasteiger partial charge >= 0.3 is 0 Å². The molecule has 6 nitrogen and oxygen atoms in total. The van der Waals surface area contributed by atoms with Gasteiger partial charge in [-0.15, -0.1) is 0 Å². The van der Waals surface area contributed by atoms with E-state index in [0.29, 0.717) is 18.7 Å². The van der Waals surface area contributed by atoms with Crippen LogP contribution in [0.1, 0.15) is 22.8 Å². The lowest BCUT2D eigenvalue weighted by Gasteiger charge is -2.34. The topological polar surface area (TPSA) is 58.4 Å². The summed E-state index contributed by atoms with van der Waals surface area (Å²) >= 11 is 0. The molecule has 0 spiro atoms. The lowest BCUT2D eigenvalue weighted by atomic mass is 10.1. The molecule has 150 valence electrons. The van der Waals surface area contributed by atoms with E-state index in [1.807, 2.05) is 6.07 Å². The second-order valence-corrected chi connectivity index (χ2v) is 7.22. The van der Waals surface area contributed by atoms with E-state index < -0.39 is 0 Å². The number of halogens is 1. The Bertz CT molecular complexity index is 1090. The summed E-state index contributed by atoms with van der Waals surface area (Å²) in [6.45, 7) is 6.10. The van der Waals surface area contributed by atoms with Crippen LogP contribution in [0.3, 0.4) is 0 Å². The van der Waals surface area contributed by atoms with E-state index in [0.717, 1.165) is 30.6 Å². The first-order valence-electron chi connectivity index (χ1n) is 9.81. The number of pyridine rings is 2. The molecule has 0 aliphatic carbocycles. The van der Waals surface area contributed by atoms with Crippen LogP contribution >= 0.6 is 0 Å². The van der Waals surface area contributed by atoms with Crippen molar-refractivity contribution < 1.29 is 9.18 Å². The summed E-state index contributed by atoms with van der Waals surface area (Å²) < 4.78 is 14.8. The molecule has 0 bridgehead atoms. The number of amides is 1. The molecular weight excluding hydrogens is 371 g/mol. The fraction of sp³-hybridized carbons (Fsp3) is 0.318. The van der Waals surface area contributed by atoms with Gasteiger partial charge in [0.2, 0.25) is 0 Å². The average Bonchev–Trinajstić information content (AvgIpc) is 2.76. The van der Waals surface area contributed by atoms with Gasteiger partial charge in [0.05, 0.1) is 6.54 Å². The van der Waals surface area contributed by atoms with Gasteiger partial charge < -0.3 is 9.80 Å². The summed E-state index contributed by atoms with van der Waals surface area (Å²) in [5.74, 6) is -0.580. The highest BCUT2D eigenvalue weighted by Crippen LogP contribution is 2.15. The molecule has 2 aromatic heterocycles. The second-order valence-electron chi connectivity index (χ2n) is 7.22. The Kier molecular flexibility index (Phi) is 5.40. The SMILES string of the molecule is CCN1CCN(C(=O)c2cc3cccnc3n(Cc3ccc(F)cc3)c2=O)CC1. The zero-order chi connectivity index (χ0) is 20.4. The third-order valence-corrected chi connectivity index (χ3v) is 5.44. The van der Waals surface area contributed by atoms with Crippen LogP contribution < -0.4 is 5.56 Å². The molecule has 0 N–H and O–H groups in total. The highest BCUT2D eigenvalue weighted by atomic mass is 19.1. The van der Waals surface area contributed by atoms with E-state index in [2.05, 4.69) is 16.8 Å². The van der Waals surface area contributed by atoms with Gasteiger partial charge in [-0.05, 0) is 42.4 Å². The number of carbonyl (C=O) groups is 1. The largest absolute Gasteiger partial charge is 0.336 e. The number of rotatable bonds is 4. The lowest BCUT2D eigenvalue weighted by Crippen LogP contribution is -2.49. The quantitative estimate of drug-likeness (QED) is 0.682. The normalized spacial score (nSPS) is 15.0. The fourth-order valence-electron chi connectivity index (χ4n) is 3.72. The Morgan fingerprint density at radius 2 is 1.83 bits per heavy atom. The van der Waals surface area contributed by atoms with E-state index in [1.165, 1.54) is 16.7 Å². The molecule has 0 unspecified atom stereocenters. The predicted molar refractivity (Wildman–Crippen MR) is 110 cm³/mol. The van der Waals surface area contributed by atoms with Crippen molar-refractivity contribution in [2.45, 2.75) is 13.5 Å². The highest BCUT2D eigenvalue weighted by Gasteiger charge is 2.25. The average molecular weight is 394 g/mol. The number of piperazine rings is 1. The van der Waals surface area contributed by atoms with Gasteiger partial charge in [-0.2, -0.15) is 0 Å². The minimum absolute atomic E-state index is 0.151. The molecule has 1 fully saturated rings. The van der Waals surface area contributed by atoms with E-state index in [9.17, 15) is 14.0 Å². The van der Waals surface area contributed by atoms with E-state index >= 15 is 0 Å². The molecule has 7 heteroatoms. The van der Waals surface area contributed by atoms with Crippen LogP contribution in [0.25, 0.3) is 11.0 Å². The van der Waals surface area contributed by atoms with E-state index in [4.69, 9.17) is 0 Å². The van der Waals surface area contributed by atoms with Crippen molar-refractivity contribution in [3.8, 4) is 0 Å². The van der Waals surface area contributed by atoms with Gasteiger partial charge in [0.1, 0.15) is 17.0 Å². The van der Waals surface area contributed by atoms with Crippen LogP contribution in [-0.2, 0) is 6.54 Å². The standard InChI is InChI=1S/C22H23FN4O2/c1-2-25-10-12-26(13-11-25)21(28)19-14-17-4-3-9-24-20(17)27(22(19)29)15-16-5-7-18(23)8-6-16/h3-9,14H,2,10-13,15H2,1H3. The monoisotopic (exact) mass is 394 g/mol. The van der Waals surface area contributed by atoms with Crippen molar-refractivity contribution in [2.24, 2.45) is 0 Å². The van der Waals surface area contributed by atoms with Crippen molar-refractivity contribution in [1.82, 2.24) is 19.4 Å². The van der Waals surface area contributed by atoms with Gasteiger partial charge in [0, 0.05) is 37.8 Å². The zero-order valence-corrected chi connectivity index (χ0v) is 16.3. The van der Waals surface area contributed by atoms with Gasteiger partial charge in [-0.3, -0.25) is 14.2 Å². The van der Waals surface area contributed by atoms with Gasteiger partial charge in [-0.1, -0.05) is 19.1 Å². The van der Waals surface area contributed by atoms with Crippen molar-refractivity contribution in [2.75, 3.05) is 32.7 Å². The zero-order valence-electron chi connectivity index (χ0n) is 16.3. The summed E-state index contributed by atoms with van der Waals surface area (Å²) in [6.07, 6.45) is 1.62. The van der Waals surface area contributed by atoms with Crippen molar-refractivity contribution >= 4 is 16.9 Å². The predicted octanol–water partition coefficient (Wildman–Crippen LogP) is 2.36. The number of carbonyl (C=O) groups excluding carboxylic acids is 1. The molecule has 29 heavy (non-hydrogen) atoms. The first kappa shape index (κ1) is 19.3. The van der Waals surface area contributed by atoms with Crippen LogP contribution in [0.15, 0.2) is 53.5 Å². The molecular formula is C22H23FN4O2. The van der Waals surface area contributed by atoms with Crippen LogP contribution in [0.4, 0.5) is 4.39 Å². The van der Waals surface area contributed by atoms with Crippen molar-refractivity contribution in [3.63, 3.8) is 0 Å². The van der Waals surface area contributed by atoms with Crippen LogP contribution in [-0.4, -0.2) is 58.0 Å². The Balaban J connectivity index is 1.73. The number of likely N-dealkylation sites (N-methyl/N-ethyl adjacent to an activating group) is 1. The van der Waals surface area contributed by atoms with E-state index in [1.54, 1.807) is 35.4 Å². The molecule has 4 rings (SSSR count). The molecule has 1 saturated heterocycles. The molecule has 0 atom stereocenters. The third-order valence-electron chi connectivity index (χ3n) is 5.44. The summed E-state index contributed by atoms with van der Waals surface area (Å²) in [5.41, 5.74) is 1.05. The molecule has 1 aliphatic heterocycles. The van der Waals surface area contributed by atoms with Crippen molar-refractivity contribution in [3.05, 3.63) is 76.0 Å². The van der Waals surface area contributed by atoms with Gasteiger partial charge in [0.15, 0.2) is 0 Å². The van der Waals surface area contributed by atoms with Crippen LogP contribution in [0.2, 0.25) is 0 Å². The number of hydrogen-bond acceptors (Lipinski definition) is 4. The highest BCUT2D eigenvalue weighted by molar-refractivity contribution is 5.97. The molecule has 3 heterocycles. The second kappa shape index (κ2) is 8.13. The van der Waals surface area contributed by atoms with E-state index in [-0.39, 0.29) is 29.4 Å². The maximum atomic E-state index is 13.3. The number of nitrogens with zero attached hydrogens (tertiary/aromatic N) is 4. The van der Waals surface area contributed by atoms with Crippen molar-refractivity contribution in [1.29, 1.82) is 0 Å². The minimum Gasteiger partial charge on any atom is -0.336 e.